The van der Waals surface area contributed by atoms with Gasteiger partial charge in [-0.1, -0.05) is 42.8 Å². The van der Waals surface area contributed by atoms with Crippen LogP contribution >= 0.6 is 0 Å². The Kier molecular flexibility index (Phi) is 11.0. The second-order valence-corrected chi connectivity index (χ2v) is 6.03. The van der Waals surface area contributed by atoms with Crippen LogP contribution in [0.15, 0.2) is 91.0 Å². The normalized spacial score (nSPS) is 10.6. The second kappa shape index (κ2) is 13.3. The van der Waals surface area contributed by atoms with Crippen molar-refractivity contribution in [3.05, 3.63) is 108 Å². The molecule has 0 saturated carbocycles. The monoisotopic (exact) mass is 428 g/mol. The number of hydrogen-bond donors (Lipinski definition) is 0. The number of esters is 1. The average molecular weight is 428 g/mol. The quantitative estimate of drug-likeness (QED) is 0.167. The number of ether oxygens (including phenoxy) is 1. The van der Waals surface area contributed by atoms with Gasteiger partial charge in [-0.05, 0) is 13.0 Å². The molecule has 0 radical (unpaired) electrons. The Bertz CT molecular complexity index is 902. The minimum absolute atomic E-state index is 0. The molecule has 0 aliphatic carbocycles. The fourth-order valence-corrected chi connectivity index (χ4v) is 2.45. The van der Waals surface area contributed by atoms with Gasteiger partial charge in [0.1, 0.15) is 0 Å². The maximum Gasteiger partial charge on any atom is 0.289 e. The molecule has 3 aromatic carbocycles. The number of hydrogen-bond acceptors (Lipinski definition) is 3. The molecule has 0 N–H and O–H groups in total. The van der Waals surface area contributed by atoms with Crippen molar-refractivity contribution in [2.75, 3.05) is 6.61 Å². The zero-order chi connectivity index (χ0) is 20.2. The third-order valence-electron chi connectivity index (χ3n) is 3.91. The standard InChI is InChI=1S/C14H11O.C11H13O2.Fe/c15-14(13-8-4-5-9-13)11-10-12-6-2-1-3-7-12;1-3-13-11(12)8-9(2)10-6-4-5-7-10;/h1-11H;4-8H,3H2,1-2H3;/q-5;-1;. The molecule has 0 unspecified atom stereocenters. The number of carbonyl (C=O) groups excluding carboxylic acids is 2. The summed E-state index contributed by atoms with van der Waals surface area (Å²) in [7, 11) is 0. The van der Waals surface area contributed by atoms with E-state index in [1.807, 2.05) is 91.9 Å². The minimum Gasteiger partial charge on any atom is -0.645 e. The molecule has 0 heterocycles. The predicted octanol–water partition coefficient (Wildman–Crippen LogP) is 5.67. The first-order valence-corrected chi connectivity index (χ1v) is 9.16. The molecule has 0 saturated heterocycles. The van der Waals surface area contributed by atoms with Gasteiger partial charge in [-0.3, -0.25) is 4.79 Å². The molecule has 156 valence electrons. The van der Waals surface area contributed by atoms with E-state index in [1.54, 1.807) is 13.0 Å². The number of rotatable bonds is 6. The molecule has 0 amide bonds. The molecule has 0 aromatic heterocycles. The Labute approximate surface area is 182 Å². The van der Waals surface area contributed by atoms with Gasteiger partial charge in [0.05, 0.1) is 6.61 Å². The van der Waals surface area contributed by atoms with Crippen molar-refractivity contribution < 1.29 is 31.4 Å². The van der Waals surface area contributed by atoms with E-state index in [4.69, 9.17) is 4.74 Å². The second-order valence-electron chi connectivity index (χ2n) is 6.03. The first-order valence-electron chi connectivity index (χ1n) is 9.16. The first kappa shape index (κ1) is 24.1. The van der Waals surface area contributed by atoms with Crippen LogP contribution < -0.4 is 0 Å². The summed E-state index contributed by atoms with van der Waals surface area (Å²) < 4.78 is 4.80. The van der Waals surface area contributed by atoms with Gasteiger partial charge < -0.3 is 51.2 Å². The minimum atomic E-state index is -0.277. The van der Waals surface area contributed by atoms with Gasteiger partial charge in [0, 0.05) is 17.1 Å². The van der Waals surface area contributed by atoms with Gasteiger partial charge in [0.2, 0.25) is 0 Å². The summed E-state index contributed by atoms with van der Waals surface area (Å²) in [5, 5.41) is 0. The smallest absolute Gasteiger partial charge is 0.289 e. The SMILES string of the molecule is CCOC(=O)C=C(C)[c-]1cccc1.O=C(C=Cc1ccccc1)[c-]1[cH-][cH-][cH-][cH-]1.[Fe]. The van der Waals surface area contributed by atoms with E-state index in [-0.39, 0.29) is 28.8 Å². The molecule has 0 bridgehead atoms. The summed E-state index contributed by atoms with van der Waals surface area (Å²) in [6.07, 6.45) is 4.94. The van der Waals surface area contributed by atoms with Gasteiger partial charge in [-0.2, -0.15) is 18.2 Å². The fourth-order valence-electron chi connectivity index (χ4n) is 2.45. The first-order chi connectivity index (χ1) is 13.6. The van der Waals surface area contributed by atoms with E-state index in [0.717, 1.165) is 22.3 Å². The van der Waals surface area contributed by atoms with Crippen molar-refractivity contribution in [1.29, 1.82) is 0 Å². The van der Waals surface area contributed by atoms with Crippen LogP contribution in [-0.4, -0.2) is 18.4 Å². The molecule has 3 rings (SSSR count). The molecule has 0 aliphatic rings. The van der Waals surface area contributed by atoms with Crippen LogP contribution in [-0.2, 0) is 26.6 Å². The maximum atomic E-state index is 11.6. The van der Waals surface area contributed by atoms with Crippen LogP contribution in [0.1, 0.15) is 35.3 Å². The van der Waals surface area contributed by atoms with Crippen molar-refractivity contribution in [3.63, 3.8) is 0 Å². The summed E-state index contributed by atoms with van der Waals surface area (Å²) in [4.78, 5) is 22.6. The summed E-state index contributed by atoms with van der Waals surface area (Å²) in [6.45, 7) is 4.11. The zero-order valence-electron chi connectivity index (χ0n) is 16.5. The Morgan fingerprint density at radius 3 is 2.24 bits per heavy atom. The number of carbonyl (C=O) groups is 2. The van der Waals surface area contributed by atoms with E-state index in [2.05, 4.69) is 0 Å². The van der Waals surface area contributed by atoms with Crippen LogP contribution in [0.3, 0.4) is 0 Å². The number of benzene rings is 1. The third kappa shape index (κ3) is 8.73. The third-order valence-corrected chi connectivity index (χ3v) is 3.91. The van der Waals surface area contributed by atoms with Crippen molar-refractivity contribution in [3.8, 4) is 0 Å². The van der Waals surface area contributed by atoms with Crippen LogP contribution in [0, 0.1) is 0 Å². The number of ketones is 1. The van der Waals surface area contributed by atoms with E-state index in [0.29, 0.717) is 6.61 Å². The van der Waals surface area contributed by atoms with Gasteiger partial charge >= 0.3 is 0 Å². The summed E-state index contributed by atoms with van der Waals surface area (Å²) in [5.41, 5.74) is 3.77. The fraction of sp³-hybridized carbons (Fsp3) is 0.120. The summed E-state index contributed by atoms with van der Waals surface area (Å²) >= 11 is 0. The average Bonchev–Trinajstić information content (AvgIpc) is 3.41. The largest absolute Gasteiger partial charge is 0.645 e. The molecule has 3 aromatic rings. The van der Waals surface area contributed by atoms with E-state index >= 15 is 0 Å². The Morgan fingerprint density at radius 2 is 1.66 bits per heavy atom. The van der Waals surface area contributed by atoms with Crippen molar-refractivity contribution >= 4 is 23.4 Å². The van der Waals surface area contributed by atoms with Gasteiger partial charge in [-0.15, -0.1) is 23.3 Å². The van der Waals surface area contributed by atoms with E-state index in [9.17, 15) is 9.59 Å². The Morgan fingerprint density at radius 1 is 1.03 bits per heavy atom. The summed E-state index contributed by atoms with van der Waals surface area (Å²) in [5.74, 6) is -0.231. The molecular weight excluding hydrogens is 404 g/mol. The molecule has 0 atom stereocenters. The Balaban J connectivity index is 0.000000284. The van der Waals surface area contributed by atoms with Crippen molar-refractivity contribution in [1.82, 2.24) is 0 Å². The molecule has 4 heteroatoms. The topological polar surface area (TPSA) is 43.4 Å². The van der Waals surface area contributed by atoms with E-state index in [1.165, 1.54) is 6.08 Å². The molecule has 29 heavy (non-hydrogen) atoms. The molecular formula is C25H24FeO3-6. The maximum absolute atomic E-state index is 11.6. The van der Waals surface area contributed by atoms with Gasteiger partial charge in [0.25, 0.3) is 5.97 Å². The molecule has 0 aliphatic heterocycles. The number of allylic oxidation sites excluding steroid dienone is 2. The van der Waals surface area contributed by atoms with Gasteiger partial charge in [-0.25, -0.2) is 0 Å². The zero-order valence-corrected chi connectivity index (χ0v) is 17.6. The van der Waals surface area contributed by atoms with Crippen LogP contribution in [0.2, 0.25) is 0 Å². The molecule has 0 spiro atoms. The van der Waals surface area contributed by atoms with Crippen LogP contribution in [0.25, 0.3) is 11.6 Å². The van der Waals surface area contributed by atoms with Crippen LogP contribution in [0.5, 0.6) is 0 Å². The van der Waals surface area contributed by atoms with Crippen molar-refractivity contribution in [2.24, 2.45) is 0 Å². The summed E-state index contributed by atoms with van der Waals surface area (Å²) in [6, 6.07) is 25.0. The predicted molar refractivity (Wildman–Crippen MR) is 114 cm³/mol. The Hall–Kier alpha value is -2.94. The van der Waals surface area contributed by atoms with Crippen molar-refractivity contribution in [2.45, 2.75) is 13.8 Å². The van der Waals surface area contributed by atoms with Crippen LogP contribution in [0.4, 0.5) is 0 Å². The van der Waals surface area contributed by atoms with Gasteiger partial charge in [0.15, 0.2) is 0 Å². The molecule has 3 nitrogen and oxygen atoms in total. The van der Waals surface area contributed by atoms with E-state index < -0.39 is 0 Å². The molecule has 0 fully saturated rings.